The van der Waals surface area contributed by atoms with Crippen molar-refractivity contribution in [3.8, 4) is 0 Å². The van der Waals surface area contributed by atoms with Crippen LogP contribution in [0.2, 0.25) is 5.02 Å². The number of aromatic nitrogens is 1. The normalized spacial score (nSPS) is 10.5. The van der Waals surface area contributed by atoms with Crippen LogP contribution in [0.4, 0.5) is 17.1 Å². The fourth-order valence-electron chi connectivity index (χ4n) is 2.38. The highest BCUT2D eigenvalue weighted by Gasteiger charge is 2.12. The summed E-state index contributed by atoms with van der Waals surface area (Å²) in [7, 11) is 1.96. The van der Waals surface area contributed by atoms with E-state index in [1.807, 2.05) is 72.4 Å². The van der Waals surface area contributed by atoms with Crippen molar-refractivity contribution in [2.75, 3.05) is 11.1 Å². The smallest absolute Gasteiger partial charge is 0.0701 e. The van der Waals surface area contributed by atoms with Crippen LogP contribution in [0.15, 0.2) is 60.8 Å². The minimum atomic E-state index is 0.607. The Kier molecular flexibility index (Phi) is 4.37. The molecule has 3 aromatic rings. The summed E-state index contributed by atoms with van der Waals surface area (Å²) in [5.41, 5.74) is 10.2. The van der Waals surface area contributed by atoms with E-state index in [4.69, 9.17) is 29.6 Å². The lowest BCUT2D eigenvalue weighted by Gasteiger charge is -2.12. The van der Waals surface area contributed by atoms with Gasteiger partial charge in [0.05, 0.1) is 27.0 Å². The fraction of sp³-hybridized carbons (Fsp3) is 0.0556. The van der Waals surface area contributed by atoms with Gasteiger partial charge in [0.15, 0.2) is 0 Å². The Hall–Kier alpha value is -2.30. The van der Waals surface area contributed by atoms with Gasteiger partial charge in [-0.3, -0.25) is 0 Å². The van der Waals surface area contributed by atoms with E-state index in [1.165, 1.54) is 0 Å². The molecule has 0 radical (unpaired) electrons. The molecule has 3 nitrogen and oxygen atoms in total. The minimum absolute atomic E-state index is 0.607. The molecule has 1 heterocycles. The van der Waals surface area contributed by atoms with Crippen molar-refractivity contribution in [1.29, 1.82) is 0 Å². The zero-order valence-corrected chi connectivity index (χ0v) is 14.2. The minimum Gasteiger partial charge on any atom is -0.397 e. The number of rotatable bonds is 4. The van der Waals surface area contributed by atoms with Crippen molar-refractivity contribution in [2.45, 2.75) is 0 Å². The van der Waals surface area contributed by atoms with E-state index in [2.05, 4.69) is 5.32 Å². The third-order valence-electron chi connectivity index (χ3n) is 3.63. The quantitative estimate of drug-likeness (QED) is 0.408. The third kappa shape index (κ3) is 3.23. The van der Waals surface area contributed by atoms with E-state index in [0.717, 1.165) is 27.5 Å². The lowest BCUT2D eigenvalue weighted by molar-refractivity contribution is 0.918. The molecule has 0 bridgehead atoms. The molecule has 23 heavy (non-hydrogen) atoms. The molecule has 0 atom stereocenters. The van der Waals surface area contributed by atoms with Crippen LogP contribution < -0.4 is 11.1 Å². The standard InChI is InChI=1S/C18H16ClN3S/c1-22-10-4-7-17(22)18(23)13-9-8-12(11-14(13)19)21-16-6-3-2-5-15(16)20/h2-11,21H,20H2,1H3. The van der Waals surface area contributed by atoms with Crippen molar-refractivity contribution >= 4 is 45.7 Å². The van der Waals surface area contributed by atoms with Crippen molar-refractivity contribution in [3.63, 3.8) is 0 Å². The summed E-state index contributed by atoms with van der Waals surface area (Å²) < 4.78 is 1.98. The second-order valence-electron chi connectivity index (χ2n) is 5.24. The average Bonchev–Trinajstić information content (AvgIpc) is 2.95. The molecule has 116 valence electrons. The van der Waals surface area contributed by atoms with Gasteiger partial charge in [-0.2, -0.15) is 0 Å². The molecule has 0 aliphatic rings. The molecule has 0 unspecified atom stereocenters. The van der Waals surface area contributed by atoms with Gasteiger partial charge >= 0.3 is 0 Å². The van der Waals surface area contributed by atoms with Crippen LogP contribution in [0.5, 0.6) is 0 Å². The number of nitrogens with two attached hydrogens (primary N) is 1. The number of hydrogen-bond donors (Lipinski definition) is 2. The van der Waals surface area contributed by atoms with E-state index in [0.29, 0.717) is 10.7 Å². The topological polar surface area (TPSA) is 43.0 Å². The van der Waals surface area contributed by atoms with Crippen LogP contribution in [0.3, 0.4) is 0 Å². The molecule has 0 saturated heterocycles. The number of nitrogens with one attached hydrogen (secondary N) is 1. The van der Waals surface area contributed by atoms with Crippen molar-refractivity contribution in [3.05, 3.63) is 77.1 Å². The van der Waals surface area contributed by atoms with Crippen LogP contribution in [0.1, 0.15) is 11.3 Å². The molecule has 0 aliphatic heterocycles. The summed E-state index contributed by atoms with van der Waals surface area (Å²) in [6.07, 6.45) is 1.96. The Morgan fingerprint density at radius 3 is 2.57 bits per heavy atom. The van der Waals surface area contributed by atoms with E-state index < -0.39 is 0 Å². The van der Waals surface area contributed by atoms with Crippen LogP contribution in [0, 0.1) is 0 Å². The fourth-order valence-corrected chi connectivity index (χ4v) is 3.10. The maximum absolute atomic E-state index is 6.43. The van der Waals surface area contributed by atoms with Gasteiger partial charge in [-0.15, -0.1) is 0 Å². The van der Waals surface area contributed by atoms with Gasteiger partial charge in [-0.1, -0.05) is 36.0 Å². The lowest BCUT2D eigenvalue weighted by Crippen LogP contribution is -2.06. The van der Waals surface area contributed by atoms with Gasteiger partial charge in [-0.25, -0.2) is 0 Å². The SMILES string of the molecule is Cn1cccc1C(=S)c1ccc(Nc2ccccc2N)cc1Cl. The highest BCUT2D eigenvalue weighted by molar-refractivity contribution is 7.81. The Morgan fingerprint density at radius 2 is 1.91 bits per heavy atom. The van der Waals surface area contributed by atoms with E-state index in [1.54, 1.807) is 0 Å². The number of nitrogens with zero attached hydrogens (tertiary/aromatic N) is 1. The summed E-state index contributed by atoms with van der Waals surface area (Å²) in [5, 5.41) is 3.87. The number of halogens is 1. The number of para-hydroxylation sites is 2. The van der Waals surface area contributed by atoms with Gasteiger partial charge in [0.2, 0.25) is 0 Å². The lowest BCUT2D eigenvalue weighted by atomic mass is 10.1. The first-order valence-corrected chi connectivity index (χ1v) is 7.92. The number of thiocarbonyl (C=S) groups is 1. The van der Waals surface area contributed by atoms with Gasteiger partial charge < -0.3 is 15.6 Å². The van der Waals surface area contributed by atoms with Crippen LogP contribution in [-0.4, -0.2) is 9.43 Å². The monoisotopic (exact) mass is 341 g/mol. The number of aryl methyl sites for hydroxylation is 1. The first kappa shape index (κ1) is 15.6. The summed E-state index contributed by atoms with van der Waals surface area (Å²) in [6, 6.07) is 17.3. The molecular formula is C18H16ClN3S. The highest BCUT2D eigenvalue weighted by Crippen LogP contribution is 2.28. The molecule has 1 aromatic heterocycles. The van der Waals surface area contributed by atoms with Gasteiger partial charge in [0.25, 0.3) is 0 Å². The molecule has 3 rings (SSSR count). The Bertz CT molecular complexity index is 870. The third-order valence-corrected chi connectivity index (χ3v) is 4.37. The van der Waals surface area contributed by atoms with E-state index in [-0.39, 0.29) is 0 Å². The molecule has 5 heteroatoms. The zero-order chi connectivity index (χ0) is 16.4. The van der Waals surface area contributed by atoms with E-state index >= 15 is 0 Å². The van der Waals surface area contributed by atoms with Crippen molar-refractivity contribution in [2.24, 2.45) is 7.05 Å². The largest absolute Gasteiger partial charge is 0.397 e. The first-order chi connectivity index (χ1) is 11.1. The molecule has 0 aliphatic carbocycles. The molecule has 0 spiro atoms. The van der Waals surface area contributed by atoms with Crippen LogP contribution in [-0.2, 0) is 7.05 Å². The maximum atomic E-state index is 6.43. The predicted molar refractivity (Wildman–Crippen MR) is 102 cm³/mol. The Labute approximate surface area is 145 Å². The molecule has 2 aromatic carbocycles. The van der Waals surface area contributed by atoms with Crippen molar-refractivity contribution in [1.82, 2.24) is 4.57 Å². The number of anilines is 3. The predicted octanol–water partition coefficient (Wildman–Crippen LogP) is 4.77. The number of benzene rings is 2. The summed E-state index contributed by atoms with van der Waals surface area (Å²) in [6.45, 7) is 0. The highest BCUT2D eigenvalue weighted by atomic mass is 35.5. The van der Waals surface area contributed by atoms with Crippen LogP contribution >= 0.6 is 23.8 Å². The molecular weight excluding hydrogens is 326 g/mol. The van der Waals surface area contributed by atoms with Crippen LogP contribution in [0.25, 0.3) is 0 Å². The molecule has 0 saturated carbocycles. The average molecular weight is 342 g/mol. The Balaban J connectivity index is 1.88. The zero-order valence-electron chi connectivity index (χ0n) is 12.6. The summed E-state index contributed by atoms with van der Waals surface area (Å²) in [4.78, 5) is 0.730. The molecule has 0 fully saturated rings. The molecule has 0 amide bonds. The Morgan fingerprint density at radius 1 is 1.13 bits per heavy atom. The summed E-state index contributed by atoms with van der Waals surface area (Å²) in [5.74, 6) is 0. The second kappa shape index (κ2) is 6.44. The second-order valence-corrected chi connectivity index (χ2v) is 6.06. The van der Waals surface area contributed by atoms with Crippen molar-refractivity contribution < 1.29 is 0 Å². The number of hydrogen-bond acceptors (Lipinski definition) is 3. The summed E-state index contributed by atoms with van der Waals surface area (Å²) >= 11 is 12.0. The van der Waals surface area contributed by atoms with E-state index in [9.17, 15) is 0 Å². The van der Waals surface area contributed by atoms with Gasteiger partial charge in [-0.05, 0) is 42.5 Å². The first-order valence-electron chi connectivity index (χ1n) is 7.13. The molecule has 3 N–H and O–H groups in total. The van der Waals surface area contributed by atoms with Gasteiger partial charge in [0, 0.05) is 24.5 Å². The number of nitrogen functional groups attached to an aromatic ring is 1. The maximum Gasteiger partial charge on any atom is 0.0701 e. The van der Waals surface area contributed by atoms with Gasteiger partial charge in [0.1, 0.15) is 0 Å².